The second-order valence-corrected chi connectivity index (χ2v) is 8.67. The van der Waals surface area contributed by atoms with Gasteiger partial charge >= 0.3 is 0 Å². The van der Waals surface area contributed by atoms with Crippen LogP contribution in [0.15, 0.2) is 42.5 Å². The van der Waals surface area contributed by atoms with Crippen molar-refractivity contribution in [1.29, 1.82) is 0 Å². The van der Waals surface area contributed by atoms with Gasteiger partial charge in [0.2, 0.25) is 5.91 Å². The van der Waals surface area contributed by atoms with Crippen LogP contribution in [0.3, 0.4) is 0 Å². The van der Waals surface area contributed by atoms with E-state index in [4.69, 9.17) is 11.6 Å². The number of hydrogen-bond donors (Lipinski definition) is 1. The lowest BCUT2D eigenvalue weighted by molar-refractivity contribution is -0.121. The van der Waals surface area contributed by atoms with E-state index in [1.54, 1.807) is 40.5 Å². The number of nitrogens with zero attached hydrogens (tertiary/aromatic N) is 2. The summed E-state index contributed by atoms with van der Waals surface area (Å²) in [5, 5.41) is 4.60. The SMILES string of the molecule is Cc1nc2ccc(NC(=O)[C@H]3CCCN(C(=O)c4ccc(Cl)cc4)C3)cc2s1. The molecule has 0 unspecified atom stereocenters. The van der Waals surface area contributed by atoms with Gasteiger partial charge in [0.25, 0.3) is 5.91 Å². The largest absolute Gasteiger partial charge is 0.338 e. The maximum Gasteiger partial charge on any atom is 0.253 e. The Bertz CT molecular complexity index is 1030. The van der Waals surface area contributed by atoms with Crippen LogP contribution >= 0.6 is 22.9 Å². The number of aromatic nitrogens is 1. The molecule has 5 nitrogen and oxygen atoms in total. The highest BCUT2D eigenvalue weighted by molar-refractivity contribution is 7.18. The minimum absolute atomic E-state index is 0.0470. The van der Waals surface area contributed by atoms with Crippen LogP contribution in [0.1, 0.15) is 28.2 Å². The van der Waals surface area contributed by atoms with E-state index in [1.165, 1.54) is 0 Å². The molecule has 1 fully saturated rings. The van der Waals surface area contributed by atoms with Gasteiger partial charge < -0.3 is 10.2 Å². The van der Waals surface area contributed by atoms with E-state index in [0.717, 1.165) is 33.8 Å². The average molecular weight is 414 g/mol. The number of piperidine rings is 1. The quantitative estimate of drug-likeness (QED) is 0.674. The molecule has 144 valence electrons. The zero-order chi connectivity index (χ0) is 19.7. The van der Waals surface area contributed by atoms with Crippen LogP contribution in [-0.2, 0) is 4.79 Å². The number of aryl methyl sites for hydroxylation is 1. The lowest BCUT2D eigenvalue weighted by atomic mass is 9.96. The number of anilines is 1. The standard InChI is InChI=1S/C21H20ClN3O2S/c1-13-23-18-9-8-17(11-19(18)28-13)24-20(26)15-3-2-10-25(12-15)21(27)14-4-6-16(22)7-5-14/h4-9,11,15H,2-3,10,12H2,1H3,(H,24,26)/t15-/m0/s1. The molecule has 0 aliphatic carbocycles. The smallest absolute Gasteiger partial charge is 0.253 e. The fourth-order valence-electron chi connectivity index (χ4n) is 3.51. The first-order chi connectivity index (χ1) is 13.5. The molecule has 7 heteroatoms. The fourth-order valence-corrected chi connectivity index (χ4v) is 4.50. The molecule has 1 saturated heterocycles. The zero-order valence-electron chi connectivity index (χ0n) is 15.4. The highest BCUT2D eigenvalue weighted by Crippen LogP contribution is 2.26. The Morgan fingerprint density at radius 2 is 2.00 bits per heavy atom. The Morgan fingerprint density at radius 1 is 1.21 bits per heavy atom. The maximum absolute atomic E-state index is 12.8. The average Bonchev–Trinajstić information content (AvgIpc) is 3.07. The third kappa shape index (κ3) is 4.03. The van der Waals surface area contributed by atoms with Gasteiger partial charge in [0.15, 0.2) is 0 Å². The van der Waals surface area contributed by atoms with Gasteiger partial charge in [-0.15, -0.1) is 11.3 Å². The normalized spacial score (nSPS) is 16.9. The second-order valence-electron chi connectivity index (χ2n) is 7.00. The van der Waals surface area contributed by atoms with Crippen molar-refractivity contribution in [1.82, 2.24) is 9.88 Å². The number of halogens is 1. The van der Waals surface area contributed by atoms with Crippen molar-refractivity contribution < 1.29 is 9.59 Å². The van der Waals surface area contributed by atoms with Crippen molar-refractivity contribution in [2.24, 2.45) is 5.92 Å². The Hall–Kier alpha value is -2.44. The molecule has 0 radical (unpaired) electrons. The van der Waals surface area contributed by atoms with Crippen LogP contribution in [0, 0.1) is 12.8 Å². The number of amides is 2. The van der Waals surface area contributed by atoms with E-state index < -0.39 is 0 Å². The molecular weight excluding hydrogens is 394 g/mol. The summed E-state index contributed by atoms with van der Waals surface area (Å²) >= 11 is 7.51. The molecule has 2 amide bonds. The fraction of sp³-hybridized carbons (Fsp3) is 0.286. The molecule has 1 aromatic heterocycles. The van der Waals surface area contributed by atoms with Gasteiger partial charge in [0, 0.05) is 29.4 Å². The Morgan fingerprint density at radius 3 is 2.79 bits per heavy atom. The van der Waals surface area contributed by atoms with Crippen LogP contribution in [0.4, 0.5) is 5.69 Å². The van der Waals surface area contributed by atoms with Crippen molar-refractivity contribution in [2.45, 2.75) is 19.8 Å². The summed E-state index contributed by atoms with van der Waals surface area (Å²) in [6, 6.07) is 12.6. The van der Waals surface area contributed by atoms with Crippen LogP contribution in [-0.4, -0.2) is 34.8 Å². The van der Waals surface area contributed by atoms with E-state index in [9.17, 15) is 9.59 Å². The lowest BCUT2D eigenvalue weighted by Crippen LogP contribution is -2.43. The van der Waals surface area contributed by atoms with Gasteiger partial charge in [-0.05, 0) is 62.2 Å². The second kappa shape index (κ2) is 7.89. The maximum atomic E-state index is 12.8. The van der Waals surface area contributed by atoms with Crippen LogP contribution in [0.5, 0.6) is 0 Å². The summed E-state index contributed by atoms with van der Waals surface area (Å²) in [6.45, 7) is 3.06. The number of benzene rings is 2. The molecule has 1 aliphatic heterocycles. The van der Waals surface area contributed by atoms with E-state index in [1.807, 2.05) is 25.1 Å². The Kier molecular flexibility index (Phi) is 5.33. The first-order valence-corrected chi connectivity index (χ1v) is 10.4. The predicted molar refractivity (Wildman–Crippen MR) is 113 cm³/mol. The summed E-state index contributed by atoms with van der Waals surface area (Å²) < 4.78 is 1.05. The number of nitrogens with one attached hydrogen (secondary N) is 1. The summed E-state index contributed by atoms with van der Waals surface area (Å²) in [7, 11) is 0. The van der Waals surface area contributed by atoms with Crippen molar-refractivity contribution >= 4 is 50.7 Å². The molecule has 0 spiro atoms. The van der Waals surface area contributed by atoms with Gasteiger partial charge in [0.1, 0.15) is 0 Å². The number of carbonyl (C=O) groups is 2. The van der Waals surface area contributed by atoms with Gasteiger partial charge in [-0.1, -0.05) is 11.6 Å². The van der Waals surface area contributed by atoms with E-state index in [-0.39, 0.29) is 17.7 Å². The molecule has 0 saturated carbocycles. The number of likely N-dealkylation sites (tertiary alicyclic amines) is 1. The summed E-state index contributed by atoms with van der Waals surface area (Å²) in [5.41, 5.74) is 2.30. The Labute approximate surface area is 172 Å². The third-order valence-corrected chi connectivity index (χ3v) is 6.12. The van der Waals surface area contributed by atoms with Gasteiger partial charge in [-0.25, -0.2) is 4.98 Å². The van der Waals surface area contributed by atoms with E-state index >= 15 is 0 Å². The monoisotopic (exact) mass is 413 g/mol. The summed E-state index contributed by atoms with van der Waals surface area (Å²) in [4.78, 5) is 31.7. The molecule has 3 aromatic rings. The molecule has 2 aromatic carbocycles. The van der Waals surface area contributed by atoms with Crippen LogP contribution in [0.25, 0.3) is 10.2 Å². The first kappa shape index (κ1) is 18.9. The highest BCUT2D eigenvalue weighted by Gasteiger charge is 2.29. The molecule has 1 atom stereocenters. The minimum Gasteiger partial charge on any atom is -0.338 e. The molecule has 1 N–H and O–H groups in total. The topological polar surface area (TPSA) is 62.3 Å². The van der Waals surface area contributed by atoms with Crippen molar-refractivity contribution in [2.75, 3.05) is 18.4 Å². The van der Waals surface area contributed by atoms with Gasteiger partial charge in [0.05, 0.1) is 21.1 Å². The molecule has 1 aliphatic rings. The van der Waals surface area contributed by atoms with Crippen molar-refractivity contribution in [3.8, 4) is 0 Å². The number of fused-ring (bicyclic) bond motifs is 1. The molecular formula is C21H20ClN3O2S. The van der Waals surface area contributed by atoms with E-state index in [2.05, 4.69) is 10.3 Å². The lowest BCUT2D eigenvalue weighted by Gasteiger charge is -2.32. The third-order valence-electron chi connectivity index (χ3n) is 4.93. The number of hydrogen-bond acceptors (Lipinski definition) is 4. The molecule has 28 heavy (non-hydrogen) atoms. The van der Waals surface area contributed by atoms with Crippen LogP contribution in [0.2, 0.25) is 5.02 Å². The van der Waals surface area contributed by atoms with Gasteiger partial charge in [-0.2, -0.15) is 0 Å². The highest BCUT2D eigenvalue weighted by atomic mass is 35.5. The van der Waals surface area contributed by atoms with Crippen molar-refractivity contribution in [3.05, 3.63) is 58.1 Å². The number of rotatable bonds is 3. The Balaban J connectivity index is 1.43. The van der Waals surface area contributed by atoms with Crippen LogP contribution < -0.4 is 5.32 Å². The summed E-state index contributed by atoms with van der Waals surface area (Å²) in [5.74, 6) is -0.325. The molecule has 0 bridgehead atoms. The summed E-state index contributed by atoms with van der Waals surface area (Å²) in [6.07, 6.45) is 1.59. The predicted octanol–water partition coefficient (Wildman–Crippen LogP) is 4.75. The minimum atomic E-state index is -0.219. The first-order valence-electron chi connectivity index (χ1n) is 9.22. The molecule has 2 heterocycles. The number of carbonyl (C=O) groups excluding carboxylic acids is 2. The number of thiazole rings is 1. The van der Waals surface area contributed by atoms with Crippen molar-refractivity contribution in [3.63, 3.8) is 0 Å². The van der Waals surface area contributed by atoms with E-state index in [0.29, 0.717) is 23.7 Å². The zero-order valence-corrected chi connectivity index (χ0v) is 17.0. The van der Waals surface area contributed by atoms with Gasteiger partial charge in [-0.3, -0.25) is 9.59 Å². The molecule has 4 rings (SSSR count).